The Morgan fingerprint density at radius 3 is 2.03 bits per heavy atom. The molecule has 2 unspecified atom stereocenters. The molecule has 2 aliphatic carbocycles. The Morgan fingerprint density at radius 1 is 0.618 bits per heavy atom. The first-order chi connectivity index (χ1) is 15.8. The molecule has 0 amide bonds. The normalized spacial score (nSPS) is 17.3. The van der Waals surface area contributed by atoms with E-state index in [4.69, 9.17) is 0 Å². The molecule has 4 heteroatoms. The minimum Gasteiger partial charge on any atom is -1.00 e. The predicted octanol–water partition coefficient (Wildman–Crippen LogP) is 2.16. The van der Waals surface area contributed by atoms with Crippen molar-refractivity contribution in [2.75, 3.05) is 0 Å². The zero-order valence-electron chi connectivity index (χ0n) is 18.3. The Bertz CT molecular complexity index is 1360. The number of hydrogen-bond donors (Lipinski definition) is 0. The Morgan fingerprint density at radius 2 is 1.26 bits per heavy atom. The molecule has 4 aromatic rings. The summed E-state index contributed by atoms with van der Waals surface area (Å²) in [5.74, 6) is 0.399. The van der Waals surface area contributed by atoms with E-state index < -0.39 is 23.2 Å². The van der Waals surface area contributed by atoms with E-state index in [1.165, 1.54) is 42.5 Å². The van der Waals surface area contributed by atoms with Gasteiger partial charge in [0.05, 0.1) is 0 Å². The monoisotopic (exact) mass is 668 g/mol. The van der Waals surface area contributed by atoms with Crippen LogP contribution in [0.15, 0.2) is 106 Å². The number of benzene rings is 4. The number of rotatable bonds is 4. The van der Waals surface area contributed by atoms with Gasteiger partial charge in [-0.25, -0.2) is 0 Å². The topological polar surface area (TPSA) is 0 Å². The van der Waals surface area contributed by atoms with Crippen molar-refractivity contribution in [3.05, 3.63) is 143 Å². The standard InChI is InChI=1S/C15H10I.C15H11.2ClH.Zr/c16-14-8-4-7-12-9-10-13(15(12)14)11-5-2-1-3-6-11;1-2-6-12(7-3-1)15-10-13-8-4-5-9-14(13)11-15;;;/h1-9,13H;1-11H;2*1H;/q;;;;+2/p-2. The van der Waals surface area contributed by atoms with Crippen LogP contribution in [-0.2, 0) is 23.2 Å². The van der Waals surface area contributed by atoms with Crippen molar-refractivity contribution in [2.45, 2.75) is 9.54 Å². The fourth-order valence-electron chi connectivity index (χ4n) is 5.03. The van der Waals surface area contributed by atoms with E-state index in [0.29, 0.717) is 9.54 Å². The number of allylic oxidation sites excluding steroid dienone is 2. The molecule has 0 bridgehead atoms. The summed E-state index contributed by atoms with van der Waals surface area (Å²) in [6, 6.07) is 37.9. The SMILES string of the molecule is Ic1cccc2c1C(c1ccccc1)[C]([Zr+2][CH]1C(c3ccccc3)=Cc3ccccc31)=C2.[Cl-].[Cl-]. The van der Waals surface area contributed by atoms with Crippen LogP contribution in [0.2, 0.25) is 0 Å². The fraction of sp³-hybridized carbons (Fsp3) is 0.0667. The minimum atomic E-state index is -0.986. The molecule has 0 aromatic heterocycles. The van der Waals surface area contributed by atoms with Gasteiger partial charge >= 0.3 is 216 Å². The van der Waals surface area contributed by atoms with Gasteiger partial charge < -0.3 is 24.8 Å². The predicted molar refractivity (Wildman–Crippen MR) is 139 cm³/mol. The van der Waals surface area contributed by atoms with Crippen LogP contribution in [0.5, 0.6) is 0 Å². The molecular formula is C30H21Cl2IZr. The van der Waals surface area contributed by atoms with E-state index in [-0.39, 0.29) is 24.8 Å². The van der Waals surface area contributed by atoms with Gasteiger partial charge in [-0.05, 0) is 0 Å². The number of halogens is 3. The maximum atomic E-state index is 2.53. The van der Waals surface area contributed by atoms with Gasteiger partial charge in [-0.15, -0.1) is 0 Å². The second-order valence-electron chi connectivity index (χ2n) is 8.36. The van der Waals surface area contributed by atoms with E-state index in [1.54, 1.807) is 3.28 Å². The van der Waals surface area contributed by atoms with E-state index in [1.807, 2.05) is 0 Å². The molecule has 34 heavy (non-hydrogen) atoms. The maximum absolute atomic E-state index is 2.53. The largest absolute Gasteiger partial charge is 1.00 e. The summed E-state index contributed by atoms with van der Waals surface area (Å²) < 4.78 is 3.61. The van der Waals surface area contributed by atoms with E-state index in [0.717, 1.165) is 0 Å². The van der Waals surface area contributed by atoms with Gasteiger partial charge in [-0.3, -0.25) is 0 Å². The molecule has 0 nitrogen and oxygen atoms in total. The summed E-state index contributed by atoms with van der Waals surface area (Å²) in [5.41, 5.74) is 10.2. The van der Waals surface area contributed by atoms with Crippen molar-refractivity contribution in [3.8, 4) is 0 Å². The van der Waals surface area contributed by atoms with Crippen LogP contribution in [-0.4, -0.2) is 0 Å². The molecule has 0 fully saturated rings. The third-order valence-corrected chi connectivity index (χ3v) is 11.5. The molecule has 0 N–H and O–H groups in total. The van der Waals surface area contributed by atoms with E-state index >= 15 is 0 Å². The van der Waals surface area contributed by atoms with Gasteiger partial charge in [-0.2, -0.15) is 0 Å². The molecule has 0 aliphatic heterocycles. The summed E-state index contributed by atoms with van der Waals surface area (Å²) in [7, 11) is 0. The van der Waals surface area contributed by atoms with Gasteiger partial charge in [0.2, 0.25) is 0 Å². The summed E-state index contributed by atoms with van der Waals surface area (Å²) >= 11 is 1.54. The van der Waals surface area contributed by atoms with Gasteiger partial charge in [0.25, 0.3) is 0 Å². The Labute approximate surface area is 239 Å². The second-order valence-corrected chi connectivity index (χ2v) is 13.1. The average Bonchev–Trinajstić information content (AvgIpc) is 3.40. The summed E-state index contributed by atoms with van der Waals surface area (Å²) in [6.07, 6.45) is 4.98. The van der Waals surface area contributed by atoms with Crippen LogP contribution < -0.4 is 24.8 Å². The number of fused-ring (bicyclic) bond motifs is 2. The van der Waals surface area contributed by atoms with Crippen LogP contribution >= 0.6 is 22.6 Å². The average molecular weight is 671 g/mol. The molecule has 0 saturated heterocycles. The Kier molecular flexibility index (Phi) is 8.36. The van der Waals surface area contributed by atoms with Crippen LogP contribution in [0.1, 0.15) is 42.9 Å². The van der Waals surface area contributed by atoms with Crippen molar-refractivity contribution in [3.63, 3.8) is 0 Å². The molecule has 6 rings (SSSR count). The molecule has 0 saturated carbocycles. The zero-order chi connectivity index (χ0) is 21.5. The first kappa shape index (κ1) is 25.6. The van der Waals surface area contributed by atoms with E-state index in [2.05, 4.69) is 138 Å². The van der Waals surface area contributed by atoms with Crippen LogP contribution in [0, 0.1) is 3.57 Å². The van der Waals surface area contributed by atoms with Crippen molar-refractivity contribution in [2.24, 2.45) is 0 Å². The quantitative estimate of drug-likeness (QED) is 0.293. The summed E-state index contributed by atoms with van der Waals surface area (Å²) in [5, 5.41) is 0. The molecule has 4 aromatic carbocycles. The first-order valence-electron chi connectivity index (χ1n) is 11.0. The van der Waals surface area contributed by atoms with Crippen molar-refractivity contribution in [1.82, 2.24) is 0 Å². The van der Waals surface area contributed by atoms with Crippen molar-refractivity contribution < 1.29 is 48.0 Å². The Hall–Kier alpha value is -1.45. The molecule has 0 heterocycles. The van der Waals surface area contributed by atoms with Crippen LogP contribution in [0.4, 0.5) is 0 Å². The Balaban J connectivity index is 0.00000137. The smallest absolute Gasteiger partial charge is 1.00 e. The molecule has 0 radical (unpaired) electrons. The van der Waals surface area contributed by atoms with E-state index in [9.17, 15) is 0 Å². The summed E-state index contributed by atoms with van der Waals surface area (Å²) in [4.78, 5) is 0. The third kappa shape index (κ3) is 4.67. The minimum absolute atomic E-state index is 0. The molecule has 166 valence electrons. The first-order valence-corrected chi connectivity index (χ1v) is 14.7. The zero-order valence-corrected chi connectivity index (χ0v) is 24.4. The van der Waals surface area contributed by atoms with Gasteiger partial charge in [0, 0.05) is 0 Å². The molecular weight excluding hydrogens is 649 g/mol. The van der Waals surface area contributed by atoms with Crippen LogP contribution in [0.25, 0.3) is 17.7 Å². The second kappa shape index (κ2) is 11.1. The van der Waals surface area contributed by atoms with Gasteiger partial charge in [-0.1, -0.05) is 0 Å². The maximum Gasteiger partial charge on any atom is -1.00 e. The molecule has 0 spiro atoms. The summed E-state index contributed by atoms with van der Waals surface area (Å²) in [6.45, 7) is 0. The molecule has 2 aliphatic rings. The van der Waals surface area contributed by atoms with Gasteiger partial charge in [0.15, 0.2) is 0 Å². The third-order valence-electron chi connectivity index (χ3n) is 6.48. The van der Waals surface area contributed by atoms with Crippen LogP contribution in [0.3, 0.4) is 0 Å². The number of hydrogen-bond acceptors (Lipinski definition) is 0. The van der Waals surface area contributed by atoms with Crippen molar-refractivity contribution in [1.29, 1.82) is 0 Å². The molecule has 2 atom stereocenters. The fourth-order valence-corrected chi connectivity index (χ4v) is 10.5. The van der Waals surface area contributed by atoms with Gasteiger partial charge in [0.1, 0.15) is 0 Å². The van der Waals surface area contributed by atoms with Crippen molar-refractivity contribution >= 4 is 40.3 Å².